The van der Waals surface area contributed by atoms with Gasteiger partial charge in [-0.05, 0) is 48.3 Å². The van der Waals surface area contributed by atoms with Gasteiger partial charge >= 0.3 is 0 Å². The predicted octanol–water partition coefficient (Wildman–Crippen LogP) is 3.38. The summed E-state index contributed by atoms with van der Waals surface area (Å²) in [7, 11) is 1.95. The Morgan fingerprint density at radius 1 is 1.11 bits per heavy atom. The van der Waals surface area contributed by atoms with Gasteiger partial charge in [0.05, 0.1) is 9.26 Å². The molecule has 0 aromatic carbocycles. The third-order valence-electron chi connectivity index (χ3n) is 3.95. The van der Waals surface area contributed by atoms with Crippen molar-refractivity contribution in [1.82, 2.24) is 9.97 Å². The van der Waals surface area contributed by atoms with E-state index in [1.807, 2.05) is 7.05 Å². The normalized spacial score (nSPS) is 20.2. The molecule has 2 heterocycles. The summed E-state index contributed by atoms with van der Waals surface area (Å²) >= 11 is 2.39. The predicted molar refractivity (Wildman–Crippen MR) is 87.0 cm³/mol. The van der Waals surface area contributed by atoms with Crippen LogP contribution in [0.2, 0.25) is 0 Å². The molecule has 1 saturated heterocycles. The zero-order valence-corrected chi connectivity index (χ0v) is 13.6. The van der Waals surface area contributed by atoms with E-state index in [0.29, 0.717) is 5.92 Å². The second-order valence-electron chi connectivity index (χ2n) is 5.50. The van der Waals surface area contributed by atoms with E-state index < -0.39 is 0 Å². The Hall–Kier alpha value is -0.590. The SMILES string of the molecule is CNc1nc(N2CCCCCC2)nc(C2CC2)c1I. The zero-order chi connectivity index (χ0) is 13.2. The van der Waals surface area contributed by atoms with E-state index in [2.05, 4.69) is 32.8 Å². The lowest BCUT2D eigenvalue weighted by molar-refractivity contribution is 0.726. The maximum absolute atomic E-state index is 4.88. The molecule has 1 saturated carbocycles. The van der Waals surface area contributed by atoms with Crippen LogP contribution in [0.3, 0.4) is 0 Å². The van der Waals surface area contributed by atoms with E-state index in [4.69, 9.17) is 9.97 Å². The van der Waals surface area contributed by atoms with Gasteiger partial charge in [-0.3, -0.25) is 0 Å². The van der Waals surface area contributed by atoms with Crippen LogP contribution < -0.4 is 10.2 Å². The Morgan fingerprint density at radius 3 is 2.37 bits per heavy atom. The zero-order valence-electron chi connectivity index (χ0n) is 11.5. The molecule has 1 aliphatic heterocycles. The van der Waals surface area contributed by atoms with Crippen molar-refractivity contribution in [3.05, 3.63) is 9.26 Å². The van der Waals surface area contributed by atoms with E-state index in [9.17, 15) is 0 Å². The van der Waals surface area contributed by atoms with Gasteiger partial charge < -0.3 is 10.2 Å². The Bertz CT molecular complexity index is 451. The van der Waals surface area contributed by atoms with Gasteiger partial charge in [0, 0.05) is 26.1 Å². The average Bonchev–Trinajstić information content (AvgIpc) is 3.26. The number of aromatic nitrogens is 2. The maximum atomic E-state index is 4.88. The first-order chi connectivity index (χ1) is 9.29. The smallest absolute Gasteiger partial charge is 0.227 e. The van der Waals surface area contributed by atoms with Crippen LogP contribution in [0.4, 0.5) is 11.8 Å². The average molecular weight is 372 g/mol. The number of hydrogen-bond donors (Lipinski definition) is 1. The Kier molecular flexibility index (Phi) is 4.10. The van der Waals surface area contributed by atoms with E-state index in [0.717, 1.165) is 24.9 Å². The first kappa shape index (κ1) is 13.4. The van der Waals surface area contributed by atoms with Crippen LogP contribution in [0.15, 0.2) is 0 Å². The number of halogens is 1. The first-order valence-corrected chi connectivity index (χ1v) is 8.37. The van der Waals surface area contributed by atoms with Gasteiger partial charge in [-0.2, -0.15) is 4.98 Å². The van der Waals surface area contributed by atoms with Gasteiger partial charge in [0.25, 0.3) is 0 Å². The number of nitrogens with zero attached hydrogens (tertiary/aromatic N) is 3. The molecule has 0 amide bonds. The quantitative estimate of drug-likeness (QED) is 0.826. The lowest BCUT2D eigenvalue weighted by atomic mass is 10.2. The van der Waals surface area contributed by atoms with Gasteiger partial charge in [-0.15, -0.1) is 0 Å². The van der Waals surface area contributed by atoms with E-state index in [-0.39, 0.29) is 0 Å². The molecule has 5 heteroatoms. The van der Waals surface area contributed by atoms with Gasteiger partial charge in [-0.1, -0.05) is 12.8 Å². The summed E-state index contributed by atoms with van der Waals surface area (Å²) in [6.45, 7) is 2.21. The minimum absolute atomic E-state index is 0.674. The van der Waals surface area contributed by atoms with Crippen molar-refractivity contribution in [2.75, 3.05) is 30.4 Å². The fourth-order valence-corrected chi connectivity index (χ4v) is 3.61. The molecule has 0 unspecified atom stereocenters. The fourth-order valence-electron chi connectivity index (χ4n) is 2.66. The molecule has 0 bridgehead atoms. The summed E-state index contributed by atoms with van der Waals surface area (Å²) in [6.07, 6.45) is 7.79. The van der Waals surface area contributed by atoms with Crippen LogP contribution in [-0.4, -0.2) is 30.1 Å². The van der Waals surface area contributed by atoms with Crippen LogP contribution in [0.25, 0.3) is 0 Å². The van der Waals surface area contributed by atoms with Crippen molar-refractivity contribution >= 4 is 34.4 Å². The van der Waals surface area contributed by atoms with E-state index in [1.165, 1.54) is 47.8 Å². The molecule has 2 fully saturated rings. The highest BCUT2D eigenvalue weighted by molar-refractivity contribution is 14.1. The van der Waals surface area contributed by atoms with Crippen molar-refractivity contribution in [3.63, 3.8) is 0 Å². The second-order valence-corrected chi connectivity index (χ2v) is 6.58. The summed E-state index contributed by atoms with van der Waals surface area (Å²) in [5.41, 5.74) is 1.26. The minimum atomic E-state index is 0.674. The molecule has 1 N–H and O–H groups in total. The number of nitrogens with one attached hydrogen (secondary N) is 1. The highest BCUT2D eigenvalue weighted by Crippen LogP contribution is 2.42. The van der Waals surface area contributed by atoms with Crippen molar-refractivity contribution in [2.45, 2.75) is 44.4 Å². The monoisotopic (exact) mass is 372 g/mol. The Labute approximate surface area is 128 Å². The molecule has 2 aliphatic rings. The van der Waals surface area contributed by atoms with Crippen molar-refractivity contribution in [2.24, 2.45) is 0 Å². The van der Waals surface area contributed by atoms with Gasteiger partial charge in [0.15, 0.2) is 0 Å². The van der Waals surface area contributed by atoms with Gasteiger partial charge in [0.2, 0.25) is 5.95 Å². The number of hydrogen-bond acceptors (Lipinski definition) is 4. The summed E-state index contributed by atoms with van der Waals surface area (Å²) in [5.74, 6) is 2.61. The highest BCUT2D eigenvalue weighted by atomic mass is 127. The van der Waals surface area contributed by atoms with E-state index in [1.54, 1.807) is 0 Å². The van der Waals surface area contributed by atoms with Crippen LogP contribution in [0.5, 0.6) is 0 Å². The molecular weight excluding hydrogens is 351 g/mol. The molecule has 3 rings (SSSR count). The first-order valence-electron chi connectivity index (χ1n) is 7.29. The van der Waals surface area contributed by atoms with Crippen molar-refractivity contribution in [3.8, 4) is 0 Å². The topological polar surface area (TPSA) is 41.1 Å². The van der Waals surface area contributed by atoms with Crippen LogP contribution in [0.1, 0.15) is 50.1 Å². The minimum Gasteiger partial charge on any atom is -0.372 e. The third kappa shape index (κ3) is 2.95. The standard InChI is InChI=1S/C14H21IN4/c1-16-13-11(15)12(10-6-7-10)17-14(18-13)19-8-4-2-3-5-9-19/h10H,2-9H2,1H3,(H,16,17,18). The van der Waals surface area contributed by atoms with Crippen LogP contribution >= 0.6 is 22.6 Å². The van der Waals surface area contributed by atoms with Crippen molar-refractivity contribution < 1.29 is 0 Å². The Morgan fingerprint density at radius 2 is 1.79 bits per heavy atom. The molecule has 104 valence electrons. The number of rotatable bonds is 3. The summed E-state index contributed by atoms with van der Waals surface area (Å²) in [5, 5.41) is 3.23. The summed E-state index contributed by atoms with van der Waals surface area (Å²) in [4.78, 5) is 12.0. The lowest BCUT2D eigenvalue weighted by Crippen LogP contribution is -2.27. The second kappa shape index (κ2) is 5.81. The lowest BCUT2D eigenvalue weighted by Gasteiger charge is -2.22. The Balaban J connectivity index is 1.93. The molecule has 0 spiro atoms. The third-order valence-corrected chi connectivity index (χ3v) is 5.02. The summed E-state index contributed by atoms with van der Waals surface area (Å²) in [6, 6.07) is 0. The number of anilines is 2. The van der Waals surface area contributed by atoms with Gasteiger partial charge in [0.1, 0.15) is 5.82 Å². The summed E-state index contributed by atoms with van der Waals surface area (Å²) < 4.78 is 1.21. The van der Waals surface area contributed by atoms with Gasteiger partial charge in [-0.25, -0.2) is 4.98 Å². The molecule has 1 aliphatic carbocycles. The molecule has 0 radical (unpaired) electrons. The largest absolute Gasteiger partial charge is 0.372 e. The highest BCUT2D eigenvalue weighted by Gasteiger charge is 2.30. The van der Waals surface area contributed by atoms with E-state index >= 15 is 0 Å². The molecule has 1 aromatic rings. The molecular formula is C14H21IN4. The van der Waals surface area contributed by atoms with Crippen LogP contribution in [-0.2, 0) is 0 Å². The maximum Gasteiger partial charge on any atom is 0.227 e. The van der Waals surface area contributed by atoms with Crippen molar-refractivity contribution in [1.29, 1.82) is 0 Å². The molecule has 0 atom stereocenters. The molecule has 4 nitrogen and oxygen atoms in total. The fraction of sp³-hybridized carbons (Fsp3) is 0.714. The molecule has 19 heavy (non-hydrogen) atoms. The van der Waals surface area contributed by atoms with Crippen LogP contribution in [0, 0.1) is 3.57 Å². The molecule has 1 aromatic heterocycles.